The van der Waals surface area contributed by atoms with E-state index in [1.165, 1.54) is 11.4 Å². The highest BCUT2D eigenvalue weighted by atomic mass is 32.2. The molecule has 21 heavy (non-hydrogen) atoms. The van der Waals surface area contributed by atoms with Gasteiger partial charge in [0, 0.05) is 33.4 Å². The summed E-state index contributed by atoms with van der Waals surface area (Å²) in [4.78, 5) is 4.29. The molecule has 0 fully saturated rings. The van der Waals surface area contributed by atoms with E-state index in [-0.39, 0.29) is 5.03 Å². The Hall–Kier alpha value is -1.64. The van der Waals surface area contributed by atoms with E-state index >= 15 is 0 Å². The van der Waals surface area contributed by atoms with Crippen molar-refractivity contribution in [1.29, 1.82) is 0 Å². The Labute approximate surface area is 124 Å². The van der Waals surface area contributed by atoms with Crippen LogP contribution in [0.4, 0.5) is 5.82 Å². The number of nitrogens with one attached hydrogen (secondary N) is 1. The molecule has 116 valence electrons. The van der Waals surface area contributed by atoms with Gasteiger partial charge in [-0.05, 0) is 19.1 Å². The van der Waals surface area contributed by atoms with Gasteiger partial charge in [-0.25, -0.2) is 13.4 Å². The molecule has 8 heteroatoms. The number of hydrogen-bond acceptors (Lipinski definition) is 5. The summed E-state index contributed by atoms with van der Waals surface area (Å²) in [6, 6.07) is 5.35. The Bertz CT molecular complexity index is 711. The zero-order valence-electron chi connectivity index (χ0n) is 12.4. The molecule has 7 nitrogen and oxygen atoms in total. The lowest BCUT2D eigenvalue weighted by Gasteiger charge is -2.17. The first-order valence-electron chi connectivity index (χ1n) is 6.71. The Morgan fingerprint density at radius 1 is 1.43 bits per heavy atom. The molecule has 0 aromatic carbocycles. The predicted octanol–water partition coefficient (Wildman–Crippen LogP) is 1.03. The zero-order chi connectivity index (χ0) is 15.5. The van der Waals surface area contributed by atoms with E-state index in [0.717, 1.165) is 0 Å². The third-order valence-electron chi connectivity index (χ3n) is 3.13. The summed E-state index contributed by atoms with van der Waals surface area (Å²) in [7, 11) is -0.463. The maximum atomic E-state index is 12.8. The number of pyridine rings is 1. The van der Waals surface area contributed by atoms with Crippen molar-refractivity contribution in [3.63, 3.8) is 0 Å². The van der Waals surface area contributed by atoms with Crippen molar-refractivity contribution < 1.29 is 13.2 Å². The summed E-state index contributed by atoms with van der Waals surface area (Å²) >= 11 is 0. The molecule has 0 unspecified atom stereocenters. The Morgan fingerprint density at radius 2 is 2.19 bits per heavy atom. The molecular formula is C13H20N4O3S. The van der Waals surface area contributed by atoms with Crippen molar-refractivity contribution in [3.8, 4) is 0 Å². The molecule has 0 aliphatic carbocycles. The highest BCUT2D eigenvalue weighted by Gasteiger charge is 2.28. The van der Waals surface area contributed by atoms with Gasteiger partial charge in [0.1, 0.15) is 5.65 Å². The molecule has 0 saturated carbocycles. The van der Waals surface area contributed by atoms with Crippen molar-refractivity contribution in [2.24, 2.45) is 0 Å². The minimum atomic E-state index is -3.65. The van der Waals surface area contributed by atoms with E-state index in [1.807, 2.05) is 13.0 Å². The molecule has 2 aromatic heterocycles. The Morgan fingerprint density at radius 3 is 2.86 bits per heavy atom. The van der Waals surface area contributed by atoms with Crippen LogP contribution in [0.5, 0.6) is 0 Å². The third-order valence-corrected chi connectivity index (χ3v) is 5.01. The molecule has 0 aliphatic heterocycles. The molecule has 0 saturated heterocycles. The molecule has 0 amide bonds. The highest BCUT2D eigenvalue weighted by Crippen LogP contribution is 2.24. The molecular weight excluding hydrogens is 292 g/mol. The summed E-state index contributed by atoms with van der Waals surface area (Å²) in [5.41, 5.74) is 0.582. The van der Waals surface area contributed by atoms with E-state index in [1.54, 1.807) is 29.8 Å². The number of anilines is 1. The molecule has 1 N–H and O–H groups in total. The lowest BCUT2D eigenvalue weighted by molar-refractivity contribution is 0.138. The van der Waals surface area contributed by atoms with Crippen molar-refractivity contribution in [2.45, 2.75) is 11.9 Å². The summed E-state index contributed by atoms with van der Waals surface area (Å²) in [6.45, 7) is 3.08. The largest absolute Gasteiger partial charge is 0.380 e. The minimum absolute atomic E-state index is 0.139. The minimum Gasteiger partial charge on any atom is -0.380 e. The standard InChI is InChI=1S/C13H20N4O3S/c1-4-20-10-9-16(3)21(18,19)13-12(14-2)15-11-7-5-6-8-17(11)13/h5-8,14H,4,9-10H2,1-3H3. The quantitative estimate of drug-likeness (QED) is 0.773. The normalized spacial score (nSPS) is 12.2. The number of sulfonamides is 1. The number of fused-ring (bicyclic) bond motifs is 1. The van der Waals surface area contributed by atoms with Crippen LogP contribution in [-0.4, -0.2) is 56.0 Å². The Balaban J connectivity index is 2.43. The van der Waals surface area contributed by atoms with Crippen LogP contribution in [0.3, 0.4) is 0 Å². The van der Waals surface area contributed by atoms with Crippen LogP contribution in [0.1, 0.15) is 6.92 Å². The average Bonchev–Trinajstić information content (AvgIpc) is 2.86. The van der Waals surface area contributed by atoms with E-state index in [9.17, 15) is 8.42 Å². The van der Waals surface area contributed by atoms with Gasteiger partial charge in [-0.3, -0.25) is 4.40 Å². The molecule has 0 atom stereocenters. The number of imidazole rings is 1. The number of nitrogens with zero attached hydrogens (tertiary/aromatic N) is 3. The van der Waals surface area contributed by atoms with Crippen molar-refractivity contribution >= 4 is 21.5 Å². The van der Waals surface area contributed by atoms with E-state index in [0.29, 0.717) is 31.2 Å². The van der Waals surface area contributed by atoms with Gasteiger partial charge in [-0.2, -0.15) is 4.31 Å². The van der Waals surface area contributed by atoms with Crippen molar-refractivity contribution in [2.75, 3.05) is 39.2 Å². The summed E-state index contributed by atoms with van der Waals surface area (Å²) in [5.74, 6) is 0.337. The van der Waals surface area contributed by atoms with Gasteiger partial charge in [-0.1, -0.05) is 6.07 Å². The number of hydrogen-bond donors (Lipinski definition) is 1. The molecule has 0 aliphatic rings. The van der Waals surface area contributed by atoms with E-state index in [2.05, 4.69) is 10.3 Å². The lowest BCUT2D eigenvalue weighted by atomic mass is 10.5. The molecule has 2 aromatic rings. The van der Waals surface area contributed by atoms with Crippen LogP contribution in [0.2, 0.25) is 0 Å². The maximum absolute atomic E-state index is 12.8. The van der Waals surface area contributed by atoms with Gasteiger partial charge in [0.2, 0.25) is 0 Å². The molecule has 2 heterocycles. The number of aromatic nitrogens is 2. The first-order valence-corrected chi connectivity index (χ1v) is 8.15. The maximum Gasteiger partial charge on any atom is 0.262 e. The zero-order valence-corrected chi connectivity index (χ0v) is 13.2. The first kappa shape index (κ1) is 15.7. The second-order valence-corrected chi connectivity index (χ2v) is 6.43. The topological polar surface area (TPSA) is 75.9 Å². The van der Waals surface area contributed by atoms with Crippen molar-refractivity contribution in [1.82, 2.24) is 13.7 Å². The van der Waals surface area contributed by atoms with Crippen LogP contribution < -0.4 is 5.32 Å². The van der Waals surface area contributed by atoms with Crippen LogP contribution in [0.15, 0.2) is 29.4 Å². The fraction of sp³-hybridized carbons (Fsp3) is 0.462. The summed E-state index contributed by atoms with van der Waals surface area (Å²) in [5, 5.41) is 2.98. The Kier molecular flexibility index (Phi) is 4.81. The number of rotatable bonds is 7. The van der Waals surface area contributed by atoms with Gasteiger partial charge < -0.3 is 10.1 Å². The average molecular weight is 312 g/mol. The fourth-order valence-electron chi connectivity index (χ4n) is 1.99. The summed E-state index contributed by atoms with van der Waals surface area (Å²) in [6.07, 6.45) is 1.69. The lowest BCUT2D eigenvalue weighted by Crippen LogP contribution is -2.31. The van der Waals surface area contributed by atoms with Gasteiger partial charge >= 0.3 is 0 Å². The van der Waals surface area contributed by atoms with Crippen LogP contribution in [0, 0.1) is 0 Å². The second kappa shape index (κ2) is 6.42. The smallest absolute Gasteiger partial charge is 0.262 e. The van der Waals surface area contributed by atoms with Crippen LogP contribution in [-0.2, 0) is 14.8 Å². The van der Waals surface area contributed by atoms with Gasteiger partial charge in [0.25, 0.3) is 10.0 Å². The van der Waals surface area contributed by atoms with Crippen molar-refractivity contribution in [3.05, 3.63) is 24.4 Å². The third kappa shape index (κ3) is 3.02. The van der Waals surface area contributed by atoms with Gasteiger partial charge in [0.15, 0.2) is 10.8 Å². The SMILES string of the molecule is CCOCCN(C)S(=O)(=O)c1c(NC)nc2ccccn12. The monoisotopic (exact) mass is 312 g/mol. The number of likely N-dealkylation sites (N-methyl/N-ethyl adjacent to an activating group) is 1. The first-order chi connectivity index (χ1) is 10.0. The second-order valence-electron chi connectivity index (χ2n) is 4.47. The predicted molar refractivity (Wildman–Crippen MR) is 81.0 cm³/mol. The fourth-order valence-corrected chi connectivity index (χ4v) is 3.39. The molecule has 0 spiro atoms. The molecule has 0 radical (unpaired) electrons. The van der Waals surface area contributed by atoms with Crippen LogP contribution >= 0.6 is 0 Å². The summed E-state index contributed by atoms with van der Waals surface area (Å²) < 4.78 is 33.6. The number of ether oxygens (including phenoxy) is 1. The highest BCUT2D eigenvalue weighted by molar-refractivity contribution is 7.89. The van der Waals surface area contributed by atoms with Gasteiger partial charge in [-0.15, -0.1) is 0 Å². The van der Waals surface area contributed by atoms with Crippen LogP contribution in [0.25, 0.3) is 5.65 Å². The molecule has 0 bridgehead atoms. The van der Waals surface area contributed by atoms with E-state index in [4.69, 9.17) is 4.74 Å². The molecule has 2 rings (SSSR count). The van der Waals surface area contributed by atoms with E-state index < -0.39 is 10.0 Å². The van der Waals surface area contributed by atoms with Gasteiger partial charge in [0.05, 0.1) is 6.61 Å².